The third-order valence-electron chi connectivity index (χ3n) is 5.51. The van der Waals surface area contributed by atoms with E-state index >= 15 is 0 Å². The number of aryl methyl sites for hydroxylation is 1. The predicted octanol–water partition coefficient (Wildman–Crippen LogP) is 2.31. The highest BCUT2D eigenvalue weighted by atomic mass is 19.1. The van der Waals surface area contributed by atoms with Crippen LogP contribution in [0.5, 0.6) is 0 Å². The molecule has 1 aliphatic rings. The zero-order valence-corrected chi connectivity index (χ0v) is 18.7. The van der Waals surface area contributed by atoms with Crippen LogP contribution >= 0.6 is 0 Å². The van der Waals surface area contributed by atoms with Crippen molar-refractivity contribution in [2.45, 2.75) is 32.7 Å². The lowest BCUT2D eigenvalue weighted by atomic mass is 10.0. The van der Waals surface area contributed by atoms with Gasteiger partial charge in [-0.15, -0.1) is 0 Å². The number of anilines is 1. The number of carboxylic acids is 1. The monoisotopic (exact) mass is 456 g/mol. The summed E-state index contributed by atoms with van der Waals surface area (Å²) in [6, 6.07) is 2.73. The number of aromatic amines is 1. The molecule has 3 amide bonds. The highest BCUT2D eigenvalue weighted by Gasteiger charge is 2.28. The van der Waals surface area contributed by atoms with Crippen LogP contribution in [-0.4, -0.2) is 58.8 Å². The Morgan fingerprint density at radius 1 is 1.24 bits per heavy atom. The van der Waals surface area contributed by atoms with Gasteiger partial charge in [0.25, 0.3) is 11.8 Å². The second-order valence-electron chi connectivity index (χ2n) is 8.06. The van der Waals surface area contributed by atoms with E-state index in [1.54, 1.807) is 27.9 Å². The van der Waals surface area contributed by atoms with Gasteiger partial charge in [-0.3, -0.25) is 14.4 Å². The molecule has 33 heavy (non-hydrogen) atoms. The maximum absolute atomic E-state index is 13.7. The van der Waals surface area contributed by atoms with E-state index in [0.29, 0.717) is 28.2 Å². The summed E-state index contributed by atoms with van der Waals surface area (Å²) in [6.45, 7) is 3.31. The number of fused-ring (bicyclic) bond motifs is 1. The lowest BCUT2D eigenvalue weighted by Gasteiger charge is -2.16. The molecule has 174 valence electrons. The summed E-state index contributed by atoms with van der Waals surface area (Å²) in [4.78, 5) is 53.1. The first-order valence-electron chi connectivity index (χ1n) is 10.3. The number of aliphatic carboxylic acids is 1. The molecule has 0 spiro atoms. The quantitative estimate of drug-likeness (QED) is 0.475. The fourth-order valence-corrected chi connectivity index (χ4v) is 3.69. The number of benzene rings is 1. The van der Waals surface area contributed by atoms with Crippen molar-refractivity contribution in [1.29, 1.82) is 0 Å². The molecule has 9 nitrogen and oxygen atoms in total. The zero-order chi connectivity index (χ0) is 24.4. The zero-order valence-electron chi connectivity index (χ0n) is 18.7. The van der Waals surface area contributed by atoms with Gasteiger partial charge in [0.15, 0.2) is 0 Å². The summed E-state index contributed by atoms with van der Waals surface area (Å²) in [6.07, 6.45) is 1.45. The van der Waals surface area contributed by atoms with Crippen LogP contribution in [-0.2, 0) is 14.4 Å². The fraction of sp³-hybridized carbons (Fsp3) is 0.304. The lowest BCUT2D eigenvalue weighted by Crippen LogP contribution is -2.41. The van der Waals surface area contributed by atoms with Crippen LogP contribution in [0.4, 0.5) is 10.1 Å². The second-order valence-corrected chi connectivity index (χ2v) is 8.06. The number of halogens is 1. The van der Waals surface area contributed by atoms with Gasteiger partial charge in [-0.2, -0.15) is 0 Å². The van der Waals surface area contributed by atoms with Gasteiger partial charge in [0.05, 0.1) is 11.1 Å². The van der Waals surface area contributed by atoms with Gasteiger partial charge in [0.1, 0.15) is 11.9 Å². The van der Waals surface area contributed by atoms with Crippen molar-refractivity contribution in [2.24, 2.45) is 0 Å². The van der Waals surface area contributed by atoms with Crippen LogP contribution in [0.2, 0.25) is 0 Å². The van der Waals surface area contributed by atoms with Crippen LogP contribution in [0.15, 0.2) is 18.2 Å². The van der Waals surface area contributed by atoms with E-state index in [2.05, 4.69) is 15.6 Å². The van der Waals surface area contributed by atoms with E-state index in [9.17, 15) is 28.7 Å². The van der Waals surface area contributed by atoms with E-state index in [0.717, 1.165) is 0 Å². The molecule has 0 bridgehead atoms. The van der Waals surface area contributed by atoms with Crippen molar-refractivity contribution in [3.8, 4) is 0 Å². The van der Waals surface area contributed by atoms with Gasteiger partial charge in [0.2, 0.25) is 5.91 Å². The first-order chi connectivity index (χ1) is 15.5. The van der Waals surface area contributed by atoms with Crippen LogP contribution in [0, 0.1) is 19.7 Å². The molecule has 0 aliphatic carbocycles. The fourth-order valence-electron chi connectivity index (χ4n) is 3.69. The molecule has 4 N–H and O–H groups in total. The molecule has 0 saturated heterocycles. The Morgan fingerprint density at radius 2 is 1.94 bits per heavy atom. The minimum Gasteiger partial charge on any atom is -0.480 e. The Bertz CT molecular complexity index is 1180. The number of hydrogen-bond donors (Lipinski definition) is 4. The van der Waals surface area contributed by atoms with Crippen molar-refractivity contribution in [2.75, 3.05) is 19.4 Å². The maximum atomic E-state index is 13.7. The van der Waals surface area contributed by atoms with Crippen LogP contribution in [0.3, 0.4) is 0 Å². The largest absolute Gasteiger partial charge is 0.480 e. The Balaban J connectivity index is 1.86. The van der Waals surface area contributed by atoms with E-state index < -0.39 is 29.6 Å². The number of amides is 3. The molecule has 1 aromatic carbocycles. The Hall–Kier alpha value is -3.95. The molecule has 10 heteroatoms. The van der Waals surface area contributed by atoms with Crippen molar-refractivity contribution in [3.63, 3.8) is 0 Å². The average molecular weight is 456 g/mol. The highest BCUT2D eigenvalue weighted by molar-refractivity contribution is 6.34. The van der Waals surface area contributed by atoms with Gasteiger partial charge < -0.3 is 25.6 Å². The number of carboxylic acid groups (broad SMARTS) is 1. The molecule has 2 heterocycles. The molecule has 1 atom stereocenters. The smallest absolute Gasteiger partial charge is 0.326 e. The Labute approximate surface area is 189 Å². The molecule has 1 aromatic heterocycles. The summed E-state index contributed by atoms with van der Waals surface area (Å²) < 4.78 is 13.7. The number of carbonyl (C=O) groups excluding carboxylic acids is 3. The molecular formula is C23H25FN4O5. The topological polar surface area (TPSA) is 132 Å². The van der Waals surface area contributed by atoms with Crippen LogP contribution < -0.4 is 10.6 Å². The molecule has 3 rings (SSSR count). The molecular weight excluding hydrogens is 431 g/mol. The third-order valence-corrected chi connectivity index (χ3v) is 5.51. The van der Waals surface area contributed by atoms with Gasteiger partial charge >= 0.3 is 5.97 Å². The predicted molar refractivity (Wildman–Crippen MR) is 120 cm³/mol. The molecule has 0 unspecified atom stereocenters. The maximum Gasteiger partial charge on any atom is 0.326 e. The number of nitrogens with zero attached hydrogens (tertiary/aromatic N) is 1. The SMILES string of the molecule is Cc1[nH]c(/C=C2\C(=O)Nc3ccc(F)cc32)c(C)c1C(=O)N[C@@H](CCC(=O)N(C)C)C(=O)O. The normalized spacial score (nSPS) is 14.6. The molecule has 0 fully saturated rings. The van der Waals surface area contributed by atoms with E-state index in [1.807, 2.05) is 0 Å². The Morgan fingerprint density at radius 3 is 2.58 bits per heavy atom. The summed E-state index contributed by atoms with van der Waals surface area (Å²) in [5.74, 6) is -2.99. The number of hydrogen-bond acceptors (Lipinski definition) is 4. The van der Waals surface area contributed by atoms with Crippen LogP contribution in [0.25, 0.3) is 11.6 Å². The summed E-state index contributed by atoms with van der Waals surface area (Å²) in [7, 11) is 3.13. The standard InChI is InChI=1S/C23H25FN4O5/c1-11-18(10-15-14-9-13(24)5-6-16(14)26-21(15)30)25-12(2)20(11)22(31)27-17(23(32)33)7-8-19(29)28(3)4/h5-6,9-10,17,25H,7-8H2,1-4H3,(H,26,30)(H,27,31)(H,32,33)/b15-10-/t17-/m0/s1. The van der Waals surface area contributed by atoms with Crippen LogP contribution in [0.1, 0.15) is 45.7 Å². The Kier molecular flexibility index (Phi) is 6.66. The highest BCUT2D eigenvalue weighted by Crippen LogP contribution is 2.34. The number of aromatic nitrogens is 1. The number of carbonyl (C=O) groups is 4. The minimum absolute atomic E-state index is 0.0300. The van der Waals surface area contributed by atoms with Gasteiger partial charge in [-0.05, 0) is 50.1 Å². The minimum atomic E-state index is -1.25. The van der Waals surface area contributed by atoms with Gasteiger partial charge in [-0.1, -0.05) is 0 Å². The molecule has 2 aromatic rings. The van der Waals surface area contributed by atoms with E-state index in [1.165, 1.54) is 29.2 Å². The first-order valence-corrected chi connectivity index (χ1v) is 10.3. The van der Waals surface area contributed by atoms with Crippen molar-refractivity contribution < 1.29 is 28.7 Å². The molecule has 1 aliphatic heterocycles. The van der Waals surface area contributed by atoms with Crippen molar-refractivity contribution in [1.82, 2.24) is 15.2 Å². The van der Waals surface area contributed by atoms with E-state index in [4.69, 9.17) is 0 Å². The second kappa shape index (κ2) is 9.27. The summed E-state index contributed by atoms with van der Waals surface area (Å²) in [5.41, 5.74) is 2.83. The van der Waals surface area contributed by atoms with E-state index in [-0.39, 0.29) is 29.9 Å². The lowest BCUT2D eigenvalue weighted by molar-refractivity contribution is -0.139. The average Bonchev–Trinajstić information content (AvgIpc) is 3.19. The summed E-state index contributed by atoms with van der Waals surface area (Å²) in [5, 5.41) is 14.6. The molecule has 0 saturated carbocycles. The number of H-pyrrole nitrogens is 1. The number of nitrogens with one attached hydrogen (secondary N) is 3. The first kappa shape index (κ1) is 23.7. The van der Waals surface area contributed by atoms with Crippen molar-refractivity contribution >= 4 is 41.0 Å². The van der Waals surface area contributed by atoms with Gasteiger partial charge in [-0.25, -0.2) is 9.18 Å². The molecule has 0 radical (unpaired) electrons. The number of rotatable bonds is 7. The third kappa shape index (κ3) is 4.94. The van der Waals surface area contributed by atoms with Gasteiger partial charge in [0, 0.05) is 43.2 Å². The summed E-state index contributed by atoms with van der Waals surface area (Å²) >= 11 is 0. The van der Waals surface area contributed by atoms with Crippen molar-refractivity contribution in [3.05, 3.63) is 52.1 Å².